The highest BCUT2D eigenvalue weighted by atomic mass is 19.1. The van der Waals surface area contributed by atoms with Crippen molar-refractivity contribution in [2.24, 2.45) is 5.92 Å². The van der Waals surface area contributed by atoms with Gasteiger partial charge in [-0.1, -0.05) is 18.2 Å². The summed E-state index contributed by atoms with van der Waals surface area (Å²) in [5, 5.41) is 3.27. The van der Waals surface area contributed by atoms with E-state index in [0.717, 1.165) is 37.5 Å². The van der Waals surface area contributed by atoms with Crippen LogP contribution in [-0.4, -0.2) is 37.6 Å². The molecule has 0 aliphatic carbocycles. The summed E-state index contributed by atoms with van der Waals surface area (Å²) in [6.45, 7) is 5.59. The highest BCUT2D eigenvalue weighted by Gasteiger charge is 2.23. The first kappa shape index (κ1) is 14.5. The Balaban J connectivity index is 1.92. The number of hydrogen-bond donors (Lipinski definition) is 1. The molecule has 0 bridgehead atoms. The van der Waals surface area contributed by atoms with Crippen LogP contribution in [0.1, 0.15) is 25.3 Å². The van der Waals surface area contributed by atoms with E-state index in [1.54, 1.807) is 12.1 Å². The number of rotatable bonds is 5. The Labute approximate surface area is 116 Å². The van der Waals surface area contributed by atoms with Crippen LogP contribution in [0.2, 0.25) is 0 Å². The van der Waals surface area contributed by atoms with Crippen LogP contribution < -0.4 is 5.32 Å². The molecule has 1 fully saturated rings. The molecule has 3 heteroatoms. The largest absolute Gasteiger partial charge is 0.319 e. The molecule has 0 aromatic heterocycles. The van der Waals surface area contributed by atoms with E-state index in [9.17, 15) is 4.39 Å². The van der Waals surface area contributed by atoms with Crippen LogP contribution in [0, 0.1) is 11.7 Å². The number of hydrogen-bond acceptors (Lipinski definition) is 2. The minimum Gasteiger partial charge on any atom is -0.319 e. The highest BCUT2D eigenvalue weighted by molar-refractivity contribution is 5.18. The van der Waals surface area contributed by atoms with Crippen molar-refractivity contribution < 1.29 is 4.39 Å². The van der Waals surface area contributed by atoms with Gasteiger partial charge in [0.05, 0.1) is 0 Å². The summed E-state index contributed by atoms with van der Waals surface area (Å²) in [5.74, 6) is 0.667. The van der Waals surface area contributed by atoms with Gasteiger partial charge in [0.1, 0.15) is 5.82 Å². The van der Waals surface area contributed by atoms with Gasteiger partial charge in [-0.15, -0.1) is 0 Å². The maximum Gasteiger partial charge on any atom is 0.126 e. The first-order chi connectivity index (χ1) is 9.20. The van der Waals surface area contributed by atoms with Crippen molar-refractivity contribution in [3.05, 3.63) is 35.6 Å². The Morgan fingerprint density at radius 3 is 2.95 bits per heavy atom. The summed E-state index contributed by atoms with van der Waals surface area (Å²) in [6.07, 6.45) is 3.37. The summed E-state index contributed by atoms with van der Waals surface area (Å²) in [4.78, 5) is 2.51. The summed E-state index contributed by atoms with van der Waals surface area (Å²) in [7, 11) is 2.02. The van der Waals surface area contributed by atoms with Gasteiger partial charge in [0, 0.05) is 12.6 Å². The molecule has 1 saturated heterocycles. The molecule has 106 valence electrons. The van der Waals surface area contributed by atoms with Crippen molar-refractivity contribution in [3.8, 4) is 0 Å². The number of likely N-dealkylation sites (tertiary alicyclic amines) is 1. The SMILES string of the molecule is CNCC1CCCN(C(C)Cc2ccccc2F)C1. The monoisotopic (exact) mass is 264 g/mol. The van der Waals surface area contributed by atoms with Crippen LogP contribution in [0.3, 0.4) is 0 Å². The Bertz CT molecular complexity index is 392. The molecule has 1 N–H and O–H groups in total. The van der Waals surface area contributed by atoms with Gasteiger partial charge in [-0.05, 0) is 63.9 Å². The molecule has 2 unspecified atom stereocenters. The van der Waals surface area contributed by atoms with E-state index < -0.39 is 0 Å². The van der Waals surface area contributed by atoms with Crippen molar-refractivity contribution >= 4 is 0 Å². The van der Waals surface area contributed by atoms with E-state index in [0.29, 0.717) is 6.04 Å². The minimum atomic E-state index is -0.0712. The second-order valence-corrected chi connectivity index (χ2v) is 5.71. The van der Waals surface area contributed by atoms with Crippen LogP contribution in [0.5, 0.6) is 0 Å². The van der Waals surface area contributed by atoms with E-state index in [1.165, 1.54) is 12.8 Å². The van der Waals surface area contributed by atoms with E-state index >= 15 is 0 Å². The van der Waals surface area contributed by atoms with Crippen molar-refractivity contribution in [1.29, 1.82) is 0 Å². The molecule has 1 heterocycles. The number of halogens is 1. The molecule has 1 aliphatic heterocycles. The molecule has 0 saturated carbocycles. The maximum atomic E-state index is 13.7. The molecule has 0 radical (unpaired) electrons. The number of benzene rings is 1. The van der Waals surface area contributed by atoms with Crippen LogP contribution in [0.25, 0.3) is 0 Å². The predicted octanol–water partition coefficient (Wildman–Crippen LogP) is 2.69. The van der Waals surface area contributed by atoms with Gasteiger partial charge >= 0.3 is 0 Å². The zero-order chi connectivity index (χ0) is 13.7. The van der Waals surface area contributed by atoms with Crippen LogP contribution >= 0.6 is 0 Å². The molecule has 19 heavy (non-hydrogen) atoms. The summed E-state index contributed by atoms with van der Waals surface area (Å²) >= 11 is 0. The zero-order valence-corrected chi connectivity index (χ0v) is 12.0. The average Bonchev–Trinajstić information content (AvgIpc) is 2.42. The number of nitrogens with zero attached hydrogens (tertiary/aromatic N) is 1. The molecule has 1 aromatic rings. The lowest BCUT2D eigenvalue weighted by Crippen LogP contribution is -2.44. The van der Waals surface area contributed by atoms with E-state index in [-0.39, 0.29) is 5.82 Å². The third-order valence-electron chi connectivity index (χ3n) is 4.14. The molecule has 0 spiro atoms. The Kier molecular flexibility index (Phi) is 5.34. The zero-order valence-electron chi connectivity index (χ0n) is 12.0. The standard InChI is InChI=1S/C16H25FN2/c1-13(10-15-7-3-4-8-16(15)17)19-9-5-6-14(12-19)11-18-2/h3-4,7-8,13-14,18H,5-6,9-12H2,1-2H3. The van der Waals surface area contributed by atoms with Gasteiger partial charge in [-0.25, -0.2) is 4.39 Å². The summed E-state index contributed by atoms with van der Waals surface area (Å²) < 4.78 is 13.7. The van der Waals surface area contributed by atoms with Gasteiger partial charge < -0.3 is 10.2 Å². The van der Waals surface area contributed by atoms with Crippen LogP contribution in [0.4, 0.5) is 4.39 Å². The summed E-state index contributed by atoms with van der Waals surface area (Å²) in [6, 6.07) is 7.55. The molecule has 1 aliphatic rings. The first-order valence-electron chi connectivity index (χ1n) is 7.32. The minimum absolute atomic E-state index is 0.0712. The average molecular weight is 264 g/mol. The lowest BCUT2D eigenvalue weighted by atomic mass is 9.95. The molecule has 2 nitrogen and oxygen atoms in total. The quantitative estimate of drug-likeness (QED) is 0.879. The van der Waals surface area contributed by atoms with Crippen LogP contribution in [-0.2, 0) is 6.42 Å². The molecule has 0 amide bonds. The van der Waals surface area contributed by atoms with Gasteiger partial charge in [0.15, 0.2) is 0 Å². The molecule has 2 atom stereocenters. The summed E-state index contributed by atoms with van der Waals surface area (Å²) in [5.41, 5.74) is 0.839. The lowest BCUT2D eigenvalue weighted by molar-refractivity contribution is 0.130. The van der Waals surface area contributed by atoms with Crippen molar-refractivity contribution in [3.63, 3.8) is 0 Å². The lowest BCUT2D eigenvalue weighted by Gasteiger charge is -2.37. The fraction of sp³-hybridized carbons (Fsp3) is 0.625. The van der Waals surface area contributed by atoms with Gasteiger partial charge in [0.2, 0.25) is 0 Å². The van der Waals surface area contributed by atoms with E-state index in [1.807, 2.05) is 19.2 Å². The van der Waals surface area contributed by atoms with E-state index in [4.69, 9.17) is 0 Å². The third-order valence-corrected chi connectivity index (χ3v) is 4.14. The molecule has 1 aromatic carbocycles. The number of piperidine rings is 1. The molecule has 2 rings (SSSR count). The van der Waals surface area contributed by atoms with Gasteiger partial charge in [-0.3, -0.25) is 0 Å². The number of nitrogens with one attached hydrogen (secondary N) is 1. The van der Waals surface area contributed by atoms with Crippen molar-refractivity contribution in [2.45, 2.75) is 32.2 Å². The molecular formula is C16H25FN2. The second-order valence-electron chi connectivity index (χ2n) is 5.71. The topological polar surface area (TPSA) is 15.3 Å². The first-order valence-corrected chi connectivity index (χ1v) is 7.32. The Morgan fingerprint density at radius 2 is 2.21 bits per heavy atom. The Morgan fingerprint density at radius 1 is 1.42 bits per heavy atom. The Hall–Kier alpha value is -0.930. The van der Waals surface area contributed by atoms with Crippen molar-refractivity contribution in [1.82, 2.24) is 10.2 Å². The van der Waals surface area contributed by atoms with Gasteiger partial charge in [0.25, 0.3) is 0 Å². The third kappa shape index (κ3) is 4.02. The highest BCUT2D eigenvalue weighted by Crippen LogP contribution is 2.20. The maximum absolute atomic E-state index is 13.7. The second kappa shape index (κ2) is 7.01. The van der Waals surface area contributed by atoms with Gasteiger partial charge in [-0.2, -0.15) is 0 Å². The smallest absolute Gasteiger partial charge is 0.126 e. The van der Waals surface area contributed by atoms with E-state index in [2.05, 4.69) is 17.1 Å². The van der Waals surface area contributed by atoms with Crippen LogP contribution in [0.15, 0.2) is 24.3 Å². The predicted molar refractivity (Wildman–Crippen MR) is 77.8 cm³/mol. The fourth-order valence-corrected chi connectivity index (χ4v) is 3.06. The fourth-order valence-electron chi connectivity index (χ4n) is 3.06. The molecular weight excluding hydrogens is 239 g/mol. The van der Waals surface area contributed by atoms with Crippen molar-refractivity contribution in [2.75, 3.05) is 26.7 Å². The normalized spacial score (nSPS) is 22.4.